The Morgan fingerprint density at radius 3 is 2.37 bits per heavy atom. The molecule has 0 saturated carbocycles. The van der Waals surface area contributed by atoms with E-state index in [1.54, 1.807) is 19.1 Å². The molecule has 0 amide bonds. The summed E-state index contributed by atoms with van der Waals surface area (Å²) in [6.07, 6.45) is 0. The summed E-state index contributed by atoms with van der Waals surface area (Å²) >= 11 is 0. The molecule has 4 heteroatoms. The zero-order chi connectivity index (χ0) is 14.0. The lowest BCUT2D eigenvalue weighted by Gasteiger charge is -2.11. The van der Waals surface area contributed by atoms with Crippen LogP contribution in [0.25, 0.3) is 0 Å². The lowest BCUT2D eigenvalue weighted by Crippen LogP contribution is -2.01. The highest BCUT2D eigenvalue weighted by Gasteiger charge is 2.16. The van der Waals surface area contributed by atoms with Gasteiger partial charge in [-0.15, -0.1) is 0 Å². The van der Waals surface area contributed by atoms with Gasteiger partial charge in [0.1, 0.15) is 11.6 Å². The van der Waals surface area contributed by atoms with E-state index in [4.69, 9.17) is 4.74 Å². The van der Waals surface area contributed by atoms with E-state index in [1.165, 1.54) is 25.1 Å². The largest absolute Gasteiger partial charge is 0.453 e. The maximum atomic E-state index is 13.8. The van der Waals surface area contributed by atoms with Crippen LogP contribution in [0.4, 0.5) is 8.78 Å². The molecule has 2 rings (SSSR count). The monoisotopic (exact) mass is 262 g/mol. The lowest BCUT2D eigenvalue weighted by atomic mass is 10.1. The van der Waals surface area contributed by atoms with Crippen molar-refractivity contribution in [3.63, 3.8) is 0 Å². The van der Waals surface area contributed by atoms with Crippen LogP contribution in [0.3, 0.4) is 0 Å². The zero-order valence-electron chi connectivity index (χ0n) is 10.5. The number of hydrogen-bond acceptors (Lipinski definition) is 2. The van der Waals surface area contributed by atoms with E-state index < -0.39 is 17.4 Å². The zero-order valence-corrected chi connectivity index (χ0v) is 10.5. The maximum absolute atomic E-state index is 13.8. The van der Waals surface area contributed by atoms with Crippen LogP contribution < -0.4 is 4.74 Å². The fraction of sp³-hybridized carbons (Fsp3) is 0.133. The number of carbonyl (C=O) groups is 1. The van der Waals surface area contributed by atoms with Crippen molar-refractivity contribution in [2.75, 3.05) is 0 Å². The molecule has 0 spiro atoms. The van der Waals surface area contributed by atoms with Crippen molar-refractivity contribution in [3.05, 3.63) is 59.2 Å². The Kier molecular flexibility index (Phi) is 3.60. The van der Waals surface area contributed by atoms with Gasteiger partial charge in [-0.05, 0) is 37.6 Å². The predicted octanol–water partition coefficient (Wildman–Crippen LogP) is 4.27. The van der Waals surface area contributed by atoms with E-state index in [2.05, 4.69) is 0 Å². The van der Waals surface area contributed by atoms with Crippen LogP contribution in [0.2, 0.25) is 0 Å². The molecule has 0 aliphatic carbocycles. The fourth-order valence-electron chi connectivity index (χ4n) is 1.75. The highest BCUT2D eigenvalue weighted by atomic mass is 19.1. The molecular weight excluding hydrogens is 250 g/mol. The van der Waals surface area contributed by atoms with Crippen molar-refractivity contribution in [1.82, 2.24) is 0 Å². The molecule has 0 unspecified atom stereocenters. The Balaban J connectivity index is 2.47. The first-order valence-corrected chi connectivity index (χ1v) is 5.73. The van der Waals surface area contributed by atoms with Gasteiger partial charge in [0.25, 0.3) is 0 Å². The number of aryl methyl sites for hydroxylation is 1. The molecule has 0 radical (unpaired) electrons. The van der Waals surface area contributed by atoms with Crippen molar-refractivity contribution < 1.29 is 18.3 Å². The van der Waals surface area contributed by atoms with Gasteiger partial charge in [-0.25, -0.2) is 8.78 Å². The topological polar surface area (TPSA) is 26.3 Å². The van der Waals surface area contributed by atoms with Crippen molar-refractivity contribution in [3.8, 4) is 11.5 Å². The summed E-state index contributed by atoms with van der Waals surface area (Å²) in [6.45, 7) is 2.83. The Labute approximate surface area is 109 Å². The van der Waals surface area contributed by atoms with Crippen LogP contribution in [-0.2, 0) is 0 Å². The molecule has 98 valence electrons. The van der Waals surface area contributed by atoms with Crippen molar-refractivity contribution in [1.29, 1.82) is 0 Å². The van der Waals surface area contributed by atoms with E-state index in [1.807, 2.05) is 0 Å². The van der Waals surface area contributed by atoms with Gasteiger partial charge in [0.05, 0.1) is 5.56 Å². The van der Waals surface area contributed by atoms with Gasteiger partial charge in [-0.3, -0.25) is 4.79 Å². The summed E-state index contributed by atoms with van der Waals surface area (Å²) in [5, 5.41) is 0. The lowest BCUT2D eigenvalue weighted by molar-refractivity contribution is 0.101. The molecule has 2 aromatic rings. The number of ether oxygens (including phenoxy) is 1. The first-order chi connectivity index (χ1) is 9.00. The molecule has 0 saturated heterocycles. The van der Waals surface area contributed by atoms with Gasteiger partial charge in [-0.1, -0.05) is 18.2 Å². The van der Waals surface area contributed by atoms with Gasteiger partial charge in [0.15, 0.2) is 17.3 Å². The normalized spacial score (nSPS) is 10.3. The summed E-state index contributed by atoms with van der Waals surface area (Å²) < 4.78 is 32.7. The van der Waals surface area contributed by atoms with E-state index in [0.29, 0.717) is 5.56 Å². The van der Waals surface area contributed by atoms with Crippen LogP contribution in [0, 0.1) is 18.6 Å². The highest BCUT2D eigenvalue weighted by molar-refractivity contribution is 5.97. The molecule has 0 aromatic heterocycles. The van der Waals surface area contributed by atoms with Crippen LogP contribution in [0.15, 0.2) is 36.4 Å². The number of benzene rings is 2. The second-order valence-corrected chi connectivity index (χ2v) is 4.16. The quantitative estimate of drug-likeness (QED) is 0.772. The summed E-state index contributed by atoms with van der Waals surface area (Å²) in [7, 11) is 0. The molecule has 0 bridgehead atoms. The van der Waals surface area contributed by atoms with Gasteiger partial charge >= 0.3 is 0 Å². The molecule has 0 fully saturated rings. The third kappa shape index (κ3) is 2.62. The first kappa shape index (κ1) is 13.2. The summed E-state index contributed by atoms with van der Waals surface area (Å²) in [5.74, 6) is -1.70. The molecule has 19 heavy (non-hydrogen) atoms. The smallest absolute Gasteiger partial charge is 0.168 e. The number of halogens is 2. The van der Waals surface area contributed by atoms with Gasteiger partial charge < -0.3 is 4.74 Å². The van der Waals surface area contributed by atoms with E-state index >= 15 is 0 Å². The molecule has 0 atom stereocenters. The van der Waals surface area contributed by atoms with E-state index in [9.17, 15) is 13.6 Å². The first-order valence-electron chi connectivity index (χ1n) is 5.73. The molecule has 0 aliphatic rings. The molecule has 2 aromatic carbocycles. The number of Topliss-reactive ketones (excluding diaryl/α,β-unsaturated/α-hetero) is 1. The average Bonchev–Trinajstić information content (AvgIpc) is 2.34. The highest BCUT2D eigenvalue weighted by Crippen LogP contribution is 2.30. The minimum Gasteiger partial charge on any atom is -0.453 e. The Bertz CT molecular complexity index is 636. The standard InChI is InChI=1S/C15H12F2O2/c1-9-5-3-8-13(15(9)17)19-12-7-4-6-11(16)14(12)10(2)18/h3-8H,1-2H3. The minimum atomic E-state index is -0.682. The molecule has 0 N–H and O–H groups in total. The van der Waals surface area contributed by atoms with Crippen LogP contribution in [0.1, 0.15) is 22.8 Å². The Hall–Kier alpha value is -2.23. The molecule has 0 aliphatic heterocycles. The Morgan fingerprint density at radius 2 is 1.68 bits per heavy atom. The van der Waals surface area contributed by atoms with E-state index in [0.717, 1.165) is 6.07 Å². The number of rotatable bonds is 3. The molecule has 0 heterocycles. The van der Waals surface area contributed by atoms with Crippen molar-refractivity contribution in [2.24, 2.45) is 0 Å². The number of ketones is 1. The van der Waals surface area contributed by atoms with Crippen molar-refractivity contribution >= 4 is 5.78 Å². The van der Waals surface area contributed by atoms with E-state index in [-0.39, 0.29) is 17.1 Å². The molecule has 2 nitrogen and oxygen atoms in total. The predicted molar refractivity (Wildman–Crippen MR) is 67.6 cm³/mol. The van der Waals surface area contributed by atoms with Crippen molar-refractivity contribution in [2.45, 2.75) is 13.8 Å². The summed E-state index contributed by atoms with van der Waals surface area (Å²) in [5.41, 5.74) is 0.238. The second kappa shape index (κ2) is 5.18. The van der Waals surface area contributed by atoms with Crippen LogP contribution >= 0.6 is 0 Å². The van der Waals surface area contributed by atoms with Gasteiger partial charge in [0.2, 0.25) is 0 Å². The number of hydrogen-bond donors (Lipinski definition) is 0. The fourth-order valence-corrected chi connectivity index (χ4v) is 1.75. The maximum Gasteiger partial charge on any atom is 0.168 e. The average molecular weight is 262 g/mol. The summed E-state index contributed by atoms with van der Waals surface area (Å²) in [6, 6.07) is 8.65. The number of carbonyl (C=O) groups excluding carboxylic acids is 1. The van der Waals surface area contributed by atoms with Gasteiger partial charge in [0, 0.05) is 0 Å². The SMILES string of the molecule is CC(=O)c1c(F)cccc1Oc1cccc(C)c1F. The van der Waals surface area contributed by atoms with Gasteiger partial charge in [-0.2, -0.15) is 0 Å². The third-order valence-electron chi connectivity index (χ3n) is 2.70. The minimum absolute atomic E-state index is 0.0111. The second-order valence-electron chi connectivity index (χ2n) is 4.16. The van der Waals surface area contributed by atoms with Crippen LogP contribution in [0.5, 0.6) is 11.5 Å². The summed E-state index contributed by atoms with van der Waals surface area (Å²) in [4.78, 5) is 11.4. The molecular formula is C15H12F2O2. The Morgan fingerprint density at radius 1 is 1.05 bits per heavy atom. The third-order valence-corrected chi connectivity index (χ3v) is 2.70. The van der Waals surface area contributed by atoms with Crippen LogP contribution in [-0.4, -0.2) is 5.78 Å².